The maximum absolute atomic E-state index is 14.9. The smallest absolute Gasteiger partial charge is 0.373 e. The van der Waals surface area contributed by atoms with Crippen LogP contribution in [-0.2, 0) is 23.8 Å². The van der Waals surface area contributed by atoms with Crippen molar-refractivity contribution in [2.75, 3.05) is 6.61 Å². The van der Waals surface area contributed by atoms with Gasteiger partial charge < -0.3 is 4.74 Å². The molecule has 8 heteroatoms. The summed E-state index contributed by atoms with van der Waals surface area (Å²) >= 11 is 0. The largest absolute Gasteiger partial charge is 0.422 e. The van der Waals surface area contributed by atoms with Crippen LogP contribution in [0.3, 0.4) is 0 Å². The maximum atomic E-state index is 14.9. The number of hydrogen-bond donors (Lipinski definition) is 0. The summed E-state index contributed by atoms with van der Waals surface area (Å²) in [5, 5.41) is 0. The highest BCUT2D eigenvalue weighted by Gasteiger charge is 2.37. The first-order chi connectivity index (χ1) is 17.6. The molecule has 1 fully saturated rings. The predicted molar refractivity (Wildman–Crippen MR) is 127 cm³/mol. The average molecular weight is 525 g/mol. The molecule has 1 saturated heterocycles. The molecule has 1 nitrogen and oxygen atoms in total. The van der Waals surface area contributed by atoms with Gasteiger partial charge in [-0.05, 0) is 72.4 Å². The van der Waals surface area contributed by atoms with Crippen LogP contribution in [0, 0.1) is 29.2 Å². The molecule has 0 bridgehead atoms. The fraction of sp³-hybridized carbons (Fsp3) is 0.379. The summed E-state index contributed by atoms with van der Waals surface area (Å²) in [6, 6.07) is 11.0. The highest BCUT2D eigenvalue weighted by Crippen LogP contribution is 2.36. The molecule has 0 saturated carbocycles. The fourth-order valence-corrected chi connectivity index (χ4v) is 4.91. The summed E-state index contributed by atoms with van der Waals surface area (Å²) in [5.41, 5.74) is -0.582. The molecule has 0 aliphatic carbocycles. The second-order valence-corrected chi connectivity index (χ2v) is 9.51. The molecule has 198 valence electrons. The van der Waals surface area contributed by atoms with Crippen molar-refractivity contribution in [1.82, 2.24) is 0 Å². The second kappa shape index (κ2) is 11.3. The van der Waals surface area contributed by atoms with E-state index in [2.05, 4.69) is 6.92 Å². The van der Waals surface area contributed by atoms with Gasteiger partial charge in [0, 0.05) is 5.56 Å². The van der Waals surface area contributed by atoms with Crippen LogP contribution in [0.15, 0.2) is 48.5 Å². The first-order valence-electron chi connectivity index (χ1n) is 12.3. The van der Waals surface area contributed by atoms with E-state index in [1.165, 1.54) is 12.1 Å². The van der Waals surface area contributed by atoms with E-state index in [0.717, 1.165) is 31.2 Å². The Balaban J connectivity index is 1.45. The van der Waals surface area contributed by atoms with Crippen molar-refractivity contribution in [1.29, 1.82) is 0 Å². The van der Waals surface area contributed by atoms with Crippen molar-refractivity contribution < 1.29 is 35.5 Å². The van der Waals surface area contributed by atoms with Gasteiger partial charge in [-0.2, -0.15) is 13.2 Å². The Morgan fingerprint density at radius 2 is 1.51 bits per heavy atom. The lowest BCUT2D eigenvalue weighted by Crippen LogP contribution is -2.20. The van der Waals surface area contributed by atoms with Crippen molar-refractivity contribution in [3.8, 4) is 11.1 Å². The summed E-state index contributed by atoms with van der Waals surface area (Å²) < 4.78 is 102. The van der Waals surface area contributed by atoms with E-state index in [9.17, 15) is 30.7 Å². The summed E-state index contributed by atoms with van der Waals surface area (Å²) in [5.74, 6) is -5.08. The molecule has 1 heterocycles. The van der Waals surface area contributed by atoms with Crippen LogP contribution >= 0.6 is 0 Å². The fourth-order valence-electron chi connectivity index (χ4n) is 4.91. The molecule has 0 radical (unpaired) electrons. The van der Waals surface area contributed by atoms with Crippen LogP contribution in [-0.4, -0.2) is 6.61 Å². The molecule has 37 heavy (non-hydrogen) atoms. The summed E-state index contributed by atoms with van der Waals surface area (Å²) in [4.78, 5) is 0. The Labute approximate surface area is 211 Å². The van der Waals surface area contributed by atoms with Gasteiger partial charge in [-0.3, -0.25) is 0 Å². The van der Waals surface area contributed by atoms with Crippen LogP contribution in [0.2, 0.25) is 0 Å². The molecular formula is C29H27F7O. The highest BCUT2D eigenvalue weighted by atomic mass is 19.4. The minimum atomic E-state index is -5.17. The number of hydrogen-bond acceptors (Lipinski definition) is 1. The van der Waals surface area contributed by atoms with Gasteiger partial charge in [-0.15, -0.1) is 0 Å². The number of rotatable bonds is 7. The molecular weight excluding hydrogens is 497 g/mol. The number of halogens is 7. The minimum absolute atomic E-state index is 0.0222. The van der Waals surface area contributed by atoms with Crippen molar-refractivity contribution >= 4 is 0 Å². The number of benzene rings is 3. The number of ether oxygens (including phenoxy) is 1. The third-order valence-electron chi connectivity index (χ3n) is 6.89. The highest BCUT2D eigenvalue weighted by molar-refractivity contribution is 5.65. The van der Waals surface area contributed by atoms with Crippen LogP contribution < -0.4 is 0 Å². The average Bonchev–Trinajstić information content (AvgIpc) is 2.84. The van der Waals surface area contributed by atoms with Gasteiger partial charge in [0.25, 0.3) is 0 Å². The molecule has 3 aromatic carbocycles. The summed E-state index contributed by atoms with van der Waals surface area (Å²) in [6.45, 7) is 2.87. The second-order valence-electron chi connectivity index (χ2n) is 9.51. The first kappa shape index (κ1) is 27.2. The minimum Gasteiger partial charge on any atom is -0.373 e. The summed E-state index contributed by atoms with van der Waals surface area (Å²) in [6.07, 6.45) is -1.24. The zero-order valence-electron chi connectivity index (χ0n) is 20.3. The maximum Gasteiger partial charge on any atom is 0.422 e. The number of aryl methyl sites for hydroxylation is 2. The molecule has 0 aromatic heterocycles. The van der Waals surface area contributed by atoms with Crippen molar-refractivity contribution in [3.05, 3.63) is 94.1 Å². The first-order valence-corrected chi connectivity index (χ1v) is 12.3. The molecule has 4 rings (SSSR count). The lowest BCUT2D eigenvalue weighted by atomic mass is 9.91. The Morgan fingerprint density at radius 3 is 2.08 bits per heavy atom. The van der Waals surface area contributed by atoms with Gasteiger partial charge in [0.05, 0.1) is 12.7 Å². The Morgan fingerprint density at radius 1 is 0.838 bits per heavy atom. The molecule has 3 aromatic rings. The molecule has 2 unspecified atom stereocenters. The van der Waals surface area contributed by atoms with Gasteiger partial charge in [0.1, 0.15) is 17.2 Å². The lowest BCUT2D eigenvalue weighted by molar-refractivity contribution is -0.142. The molecule has 0 N–H and O–H groups in total. The van der Waals surface area contributed by atoms with Crippen molar-refractivity contribution in [2.24, 2.45) is 5.92 Å². The van der Waals surface area contributed by atoms with Crippen molar-refractivity contribution in [3.63, 3.8) is 0 Å². The predicted octanol–water partition coefficient (Wildman–Crippen LogP) is 8.98. The van der Waals surface area contributed by atoms with Crippen LogP contribution in [0.4, 0.5) is 30.7 Å². The molecule has 1 aliphatic heterocycles. The topological polar surface area (TPSA) is 9.23 Å². The van der Waals surface area contributed by atoms with E-state index in [1.807, 2.05) is 12.1 Å². The zero-order valence-corrected chi connectivity index (χ0v) is 20.3. The van der Waals surface area contributed by atoms with E-state index in [-0.39, 0.29) is 35.6 Å². The normalized spacial score (nSPS) is 18.3. The summed E-state index contributed by atoms with van der Waals surface area (Å²) in [7, 11) is 0. The Bertz CT molecular complexity index is 1200. The molecule has 0 amide bonds. The van der Waals surface area contributed by atoms with Gasteiger partial charge in [0.2, 0.25) is 0 Å². The van der Waals surface area contributed by atoms with E-state index in [4.69, 9.17) is 4.74 Å². The molecule has 0 spiro atoms. The standard InChI is InChI=1S/C29H27F7O/c1-2-3-17-5-13-25(37-16-17)20-9-7-19(8-10-20)22-12-11-21(27(32)28(22)33)6-4-18-14-23(30)26(24(31)15-18)29(34,35)36/h7-12,14-15,17,25H,2-6,13,16H2,1H3. The van der Waals surface area contributed by atoms with Crippen molar-refractivity contribution in [2.45, 2.75) is 57.7 Å². The van der Waals surface area contributed by atoms with Gasteiger partial charge >= 0.3 is 6.18 Å². The van der Waals surface area contributed by atoms with Gasteiger partial charge in [-0.1, -0.05) is 49.7 Å². The van der Waals surface area contributed by atoms with Gasteiger partial charge in [0.15, 0.2) is 11.6 Å². The van der Waals surface area contributed by atoms with E-state index < -0.39 is 35.0 Å². The SMILES string of the molecule is CCCC1CCC(c2ccc(-c3ccc(CCc4cc(F)c(C(F)(F)F)c(F)c4)c(F)c3F)cc2)OC1. The molecule has 2 atom stereocenters. The van der Waals surface area contributed by atoms with E-state index in [0.29, 0.717) is 30.2 Å². The molecule has 1 aliphatic rings. The van der Waals surface area contributed by atoms with E-state index in [1.54, 1.807) is 12.1 Å². The third-order valence-corrected chi connectivity index (χ3v) is 6.89. The van der Waals surface area contributed by atoms with Crippen LogP contribution in [0.5, 0.6) is 0 Å². The van der Waals surface area contributed by atoms with Gasteiger partial charge in [-0.25, -0.2) is 17.6 Å². The Kier molecular flexibility index (Phi) is 8.26. The van der Waals surface area contributed by atoms with Crippen LogP contribution in [0.25, 0.3) is 11.1 Å². The monoisotopic (exact) mass is 524 g/mol. The Hall–Kier alpha value is -2.87. The quantitative estimate of drug-likeness (QED) is 0.280. The van der Waals surface area contributed by atoms with E-state index >= 15 is 0 Å². The van der Waals surface area contributed by atoms with Crippen LogP contribution in [0.1, 0.15) is 61.0 Å². The zero-order chi connectivity index (χ0) is 26.7. The third kappa shape index (κ3) is 6.17. The number of alkyl halides is 3. The lowest BCUT2D eigenvalue weighted by Gasteiger charge is -2.29.